The van der Waals surface area contributed by atoms with Crippen LogP contribution in [-0.2, 0) is 4.79 Å². The molecule has 1 atom stereocenters. The van der Waals surface area contributed by atoms with Gasteiger partial charge in [-0.15, -0.1) is 12.4 Å². The summed E-state index contributed by atoms with van der Waals surface area (Å²) in [4.78, 5) is 26.9. The van der Waals surface area contributed by atoms with Gasteiger partial charge in [0.2, 0.25) is 5.91 Å². The summed E-state index contributed by atoms with van der Waals surface area (Å²) >= 11 is 6.00. The summed E-state index contributed by atoms with van der Waals surface area (Å²) in [7, 11) is 1.50. The van der Waals surface area contributed by atoms with Crippen molar-refractivity contribution in [2.45, 2.75) is 38.3 Å². The van der Waals surface area contributed by atoms with Gasteiger partial charge in [-0.1, -0.05) is 11.6 Å². The van der Waals surface area contributed by atoms with E-state index in [0.29, 0.717) is 35.8 Å². The van der Waals surface area contributed by atoms with Gasteiger partial charge in [0.1, 0.15) is 11.8 Å². The first-order chi connectivity index (χ1) is 11.2. The maximum Gasteiger partial charge on any atom is 0.258 e. The monoisotopic (exact) mass is 389 g/mol. The summed E-state index contributed by atoms with van der Waals surface area (Å²) in [5.74, 6) is 0.0120. The summed E-state index contributed by atoms with van der Waals surface area (Å²) in [6, 6.07) is 4.38. The van der Waals surface area contributed by atoms with Crippen molar-refractivity contribution >= 4 is 35.8 Å². The van der Waals surface area contributed by atoms with E-state index in [-0.39, 0.29) is 24.2 Å². The number of carbonyl (C=O) groups excluding carboxylic acids is 2. The first-order valence-corrected chi connectivity index (χ1v) is 8.32. The maximum absolute atomic E-state index is 12.9. The number of amides is 2. The number of nitrogens with one attached hydrogen (secondary N) is 1. The third-order valence-corrected chi connectivity index (χ3v) is 4.16. The molecule has 140 valence electrons. The van der Waals surface area contributed by atoms with Gasteiger partial charge in [0.25, 0.3) is 5.91 Å². The number of halogens is 2. The topological polar surface area (TPSA) is 84.7 Å². The second-order valence-electron chi connectivity index (χ2n) is 6.71. The van der Waals surface area contributed by atoms with E-state index < -0.39 is 11.6 Å². The molecule has 0 radical (unpaired) electrons. The largest absolute Gasteiger partial charge is 0.496 e. The lowest BCUT2D eigenvalue weighted by atomic mass is 10.1. The number of ether oxygens (including phenoxy) is 1. The SMILES string of the molecule is COc1ccc(Cl)cc1C(=O)N1CCCC1C(=O)NCC(C)(C)N.Cl. The van der Waals surface area contributed by atoms with Crippen LogP contribution in [0.4, 0.5) is 0 Å². The molecular weight excluding hydrogens is 365 g/mol. The van der Waals surface area contributed by atoms with E-state index in [1.54, 1.807) is 23.1 Å². The number of rotatable bonds is 5. The zero-order valence-electron chi connectivity index (χ0n) is 14.7. The Morgan fingerprint density at radius 1 is 1.44 bits per heavy atom. The number of likely N-dealkylation sites (tertiary alicyclic amines) is 1. The molecule has 8 heteroatoms. The standard InChI is InChI=1S/C17H24ClN3O3.ClH/c1-17(2,19)10-20-15(22)13-5-4-8-21(13)16(23)12-9-11(18)6-7-14(12)24-3;/h6-7,9,13H,4-5,8,10,19H2,1-3H3,(H,20,22);1H. The first kappa shape index (κ1) is 21.5. The van der Waals surface area contributed by atoms with Gasteiger partial charge in [-0.05, 0) is 44.9 Å². The molecule has 2 rings (SSSR count). The normalized spacial score (nSPS) is 17.0. The molecule has 2 amide bonds. The lowest BCUT2D eigenvalue weighted by molar-refractivity contribution is -0.125. The Morgan fingerprint density at radius 2 is 2.12 bits per heavy atom. The number of methoxy groups -OCH3 is 1. The number of carbonyl (C=O) groups is 2. The smallest absolute Gasteiger partial charge is 0.258 e. The molecule has 1 aromatic rings. The fraction of sp³-hybridized carbons (Fsp3) is 0.529. The van der Waals surface area contributed by atoms with Crippen molar-refractivity contribution in [2.75, 3.05) is 20.2 Å². The van der Waals surface area contributed by atoms with Gasteiger partial charge < -0.3 is 20.7 Å². The van der Waals surface area contributed by atoms with E-state index in [9.17, 15) is 9.59 Å². The van der Waals surface area contributed by atoms with Crippen LogP contribution in [0, 0.1) is 0 Å². The molecule has 1 aliphatic rings. The third kappa shape index (κ3) is 5.49. The van der Waals surface area contributed by atoms with Crippen molar-refractivity contribution < 1.29 is 14.3 Å². The highest BCUT2D eigenvalue weighted by Crippen LogP contribution is 2.27. The van der Waals surface area contributed by atoms with E-state index in [1.807, 2.05) is 13.8 Å². The number of benzene rings is 1. The van der Waals surface area contributed by atoms with E-state index >= 15 is 0 Å². The molecule has 3 N–H and O–H groups in total. The fourth-order valence-electron chi connectivity index (χ4n) is 2.72. The van der Waals surface area contributed by atoms with Crippen molar-refractivity contribution in [3.8, 4) is 5.75 Å². The predicted octanol–water partition coefficient (Wildman–Crippen LogP) is 2.23. The van der Waals surface area contributed by atoms with Crippen LogP contribution < -0.4 is 15.8 Å². The molecule has 1 unspecified atom stereocenters. The van der Waals surface area contributed by atoms with Crippen LogP contribution in [-0.4, -0.2) is 48.5 Å². The molecule has 0 spiro atoms. The average molecular weight is 390 g/mol. The molecule has 0 aliphatic carbocycles. The molecular formula is C17H25Cl2N3O3. The highest BCUT2D eigenvalue weighted by atomic mass is 35.5. The predicted molar refractivity (Wildman–Crippen MR) is 101 cm³/mol. The summed E-state index contributed by atoms with van der Waals surface area (Å²) in [6.45, 7) is 4.55. The fourth-order valence-corrected chi connectivity index (χ4v) is 2.89. The number of nitrogens with two attached hydrogens (primary N) is 1. The molecule has 0 aromatic heterocycles. The van der Waals surface area contributed by atoms with Crippen LogP contribution in [0.15, 0.2) is 18.2 Å². The highest BCUT2D eigenvalue weighted by molar-refractivity contribution is 6.31. The van der Waals surface area contributed by atoms with Gasteiger partial charge in [-0.25, -0.2) is 0 Å². The van der Waals surface area contributed by atoms with Gasteiger partial charge in [-0.2, -0.15) is 0 Å². The number of hydrogen-bond acceptors (Lipinski definition) is 4. The lowest BCUT2D eigenvalue weighted by Gasteiger charge is -2.26. The quantitative estimate of drug-likeness (QED) is 0.808. The Morgan fingerprint density at radius 3 is 2.72 bits per heavy atom. The molecule has 1 aliphatic heterocycles. The van der Waals surface area contributed by atoms with E-state index in [1.165, 1.54) is 7.11 Å². The zero-order valence-corrected chi connectivity index (χ0v) is 16.2. The summed E-state index contributed by atoms with van der Waals surface area (Å²) < 4.78 is 5.25. The zero-order chi connectivity index (χ0) is 17.9. The van der Waals surface area contributed by atoms with Crippen molar-refractivity contribution in [3.05, 3.63) is 28.8 Å². The van der Waals surface area contributed by atoms with Gasteiger partial charge in [-0.3, -0.25) is 9.59 Å². The summed E-state index contributed by atoms with van der Waals surface area (Å²) in [5.41, 5.74) is 5.76. The highest BCUT2D eigenvalue weighted by Gasteiger charge is 2.35. The second kappa shape index (κ2) is 8.74. The number of hydrogen-bond donors (Lipinski definition) is 2. The van der Waals surface area contributed by atoms with Gasteiger partial charge >= 0.3 is 0 Å². The van der Waals surface area contributed by atoms with Crippen LogP contribution in [0.2, 0.25) is 5.02 Å². The van der Waals surface area contributed by atoms with E-state index in [0.717, 1.165) is 6.42 Å². The molecule has 1 saturated heterocycles. The van der Waals surface area contributed by atoms with E-state index in [4.69, 9.17) is 22.1 Å². The molecule has 1 fully saturated rings. The minimum Gasteiger partial charge on any atom is -0.496 e. The third-order valence-electron chi connectivity index (χ3n) is 3.93. The van der Waals surface area contributed by atoms with Crippen molar-refractivity contribution in [1.29, 1.82) is 0 Å². The molecule has 6 nitrogen and oxygen atoms in total. The van der Waals surface area contributed by atoms with Gasteiger partial charge in [0.05, 0.1) is 12.7 Å². The minimum atomic E-state index is -0.501. The Hall–Kier alpha value is -1.50. The van der Waals surface area contributed by atoms with Crippen LogP contribution >= 0.6 is 24.0 Å². The minimum absolute atomic E-state index is 0. The second-order valence-corrected chi connectivity index (χ2v) is 7.14. The maximum atomic E-state index is 12.9. The Labute approximate surface area is 159 Å². The van der Waals surface area contributed by atoms with Crippen LogP contribution in [0.1, 0.15) is 37.0 Å². The molecule has 1 heterocycles. The van der Waals surface area contributed by atoms with Crippen LogP contribution in [0.3, 0.4) is 0 Å². The van der Waals surface area contributed by atoms with Crippen LogP contribution in [0.25, 0.3) is 0 Å². The van der Waals surface area contributed by atoms with Crippen molar-refractivity contribution in [1.82, 2.24) is 10.2 Å². The van der Waals surface area contributed by atoms with Gasteiger partial charge in [0.15, 0.2) is 0 Å². The Bertz CT molecular complexity index is 632. The molecule has 0 bridgehead atoms. The van der Waals surface area contributed by atoms with Crippen LogP contribution in [0.5, 0.6) is 5.75 Å². The van der Waals surface area contributed by atoms with Crippen molar-refractivity contribution in [2.24, 2.45) is 5.73 Å². The molecule has 0 saturated carbocycles. The number of nitrogens with zero attached hydrogens (tertiary/aromatic N) is 1. The van der Waals surface area contributed by atoms with E-state index in [2.05, 4.69) is 5.32 Å². The average Bonchev–Trinajstić information content (AvgIpc) is 3.00. The Balaban J connectivity index is 0.00000312. The molecule has 1 aromatic carbocycles. The van der Waals surface area contributed by atoms with Gasteiger partial charge in [0, 0.05) is 23.7 Å². The molecule has 25 heavy (non-hydrogen) atoms. The van der Waals surface area contributed by atoms with Crippen molar-refractivity contribution in [3.63, 3.8) is 0 Å². The lowest BCUT2D eigenvalue weighted by Crippen LogP contribution is -2.51. The Kier molecular flexibility index (Phi) is 7.53. The first-order valence-electron chi connectivity index (χ1n) is 7.94. The summed E-state index contributed by atoms with van der Waals surface area (Å²) in [5, 5.41) is 3.27. The summed E-state index contributed by atoms with van der Waals surface area (Å²) in [6.07, 6.45) is 1.41.